The van der Waals surface area contributed by atoms with E-state index in [1.54, 1.807) is 17.0 Å². The van der Waals surface area contributed by atoms with Crippen LogP contribution < -0.4 is 10.2 Å². The number of urea groups is 1. The Morgan fingerprint density at radius 3 is 2.11 bits per heavy atom. The molecule has 3 amide bonds. The van der Waals surface area contributed by atoms with Crippen LogP contribution in [0.15, 0.2) is 24.3 Å². The molecule has 2 aliphatic rings. The van der Waals surface area contributed by atoms with E-state index in [9.17, 15) is 14.0 Å². The van der Waals surface area contributed by atoms with Crippen molar-refractivity contribution in [3.8, 4) is 0 Å². The van der Waals surface area contributed by atoms with Crippen LogP contribution in [0.5, 0.6) is 0 Å². The quantitative estimate of drug-likeness (QED) is 0.881. The molecule has 1 aromatic carbocycles. The van der Waals surface area contributed by atoms with Crippen molar-refractivity contribution in [2.45, 2.75) is 32.7 Å². The van der Waals surface area contributed by atoms with Crippen LogP contribution in [0.3, 0.4) is 0 Å². The minimum absolute atomic E-state index is 0.00507. The standard InChI is InChI=1S/C20H29FN4O2/c1-15(2)22-20(27)25-9-7-16(8-10-25)19(26)24-13-11-23(12-14-24)18-5-3-17(21)4-6-18/h3-6,15-16H,7-14H2,1-2H3,(H,22,27). The second-order valence-corrected chi connectivity index (χ2v) is 7.65. The topological polar surface area (TPSA) is 55.9 Å². The van der Waals surface area contributed by atoms with Crippen LogP contribution >= 0.6 is 0 Å². The number of hydrogen-bond donors (Lipinski definition) is 1. The first-order valence-corrected chi connectivity index (χ1v) is 9.79. The number of carbonyl (C=O) groups is 2. The highest BCUT2D eigenvalue weighted by Gasteiger charge is 2.31. The molecule has 0 spiro atoms. The summed E-state index contributed by atoms with van der Waals surface area (Å²) < 4.78 is 13.1. The summed E-state index contributed by atoms with van der Waals surface area (Å²) in [5.41, 5.74) is 0.993. The molecule has 2 aliphatic heterocycles. The van der Waals surface area contributed by atoms with Crippen molar-refractivity contribution in [2.75, 3.05) is 44.2 Å². The molecule has 0 aromatic heterocycles. The highest BCUT2D eigenvalue weighted by molar-refractivity contribution is 5.80. The van der Waals surface area contributed by atoms with Gasteiger partial charge in [0, 0.05) is 56.9 Å². The molecule has 2 fully saturated rings. The maximum Gasteiger partial charge on any atom is 0.317 e. The number of anilines is 1. The Kier molecular flexibility index (Phi) is 6.19. The largest absolute Gasteiger partial charge is 0.368 e. The number of halogens is 1. The Hall–Kier alpha value is -2.31. The number of carbonyl (C=O) groups excluding carboxylic acids is 2. The Morgan fingerprint density at radius 2 is 1.56 bits per heavy atom. The van der Waals surface area contributed by atoms with E-state index in [2.05, 4.69) is 10.2 Å². The van der Waals surface area contributed by atoms with Gasteiger partial charge in [-0.25, -0.2) is 9.18 Å². The van der Waals surface area contributed by atoms with Crippen LogP contribution in [-0.2, 0) is 4.79 Å². The Balaban J connectivity index is 1.46. The third kappa shape index (κ3) is 4.90. The van der Waals surface area contributed by atoms with Gasteiger partial charge < -0.3 is 20.0 Å². The number of piperidine rings is 1. The number of amides is 3. The molecule has 1 aromatic rings. The van der Waals surface area contributed by atoms with Crippen molar-refractivity contribution in [3.63, 3.8) is 0 Å². The predicted molar refractivity (Wildman–Crippen MR) is 103 cm³/mol. The number of benzene rings is 1. The highest BCUT2D eigenvalue weighted by atomic mass is 19.1. The van der Waals surface area contributed by atoms with E-state index in [0.717, 1.165) is 31.6 Å². The molecule has 0 saturated carbocycles. The monoisotopic (exact) mass is 376 g/mol. The molecule has 3 rings (SSSR count). The summed E-state index contributed by atoms with van der Waals surface area (Å²) in [6.07, 6.45) is 1.45. The number of nitrogens with one attached hydrogen (secondary N) is 1. The lowest BCUT2D eigenvalue weighted by molar-refractivity contribution is -0.137. The van der Waals surface area contributed by atoms with Gasteiger partial charge in [-0.2, -0.15) is 0 Å². The van der Waals surface area contributed by atoms with Crippen molar-refractivity contribution in [2.24, 2.45) is 5.92 Å². The fourth-order valence-electron chi connectivity index (χ4n) is 3.76. The Bertz CT molecular complexity index is 648. The molecule has 0 atom stereocenters. The average molecular weight is 376 g/mol. The lowest BCUT2D eigenvalue weighted by Gasteiger charge is -2.39. The SMILES string of the molecule is CC(C)NC(=O)N1CCC(C(=O)N2CCN(c3ccc(F)cc3)CC2)CC1. The summed E-state index contributed by atoms with van der Waals surface area (Å²) in [7, 11) is 0. The molecule has 0 bridgehead atoms. The molecule has 2 heterocycles. The summed E-state index contributed by atoms with van der Waals surface area (Å²) in [6.45, 7) is 8.03. The van der Waals surface area contributed by atoms with E-state index in [1.165, 1.54) is 12.1 Å². The van der Waals surface area contributed by atoms with Crippen molar-refractivity contribution in [1.29, 1.82) is 0 Å². The third-order valence-corrected chi connectivity index (χ3v) is 5.33. The van der Waals surface area contributed by atoms with Crippen LogP contribution in [0, 0.1) is 11.7 Å². The van der Waals surface area contributed by atoms with Crippen LogP contribution in [0.2, 0.25) is 0 Å². The van der Waals surface area contributed by atoms with Gasteiger partial charge in [0.15, 0.2) is 0 Å². The zero-order valence-electron chi connectivity index (χ0n) is 16.2. The van der Waals surface area contributed by atoms with E-state index in [4.69, 9.17) is 0 Å². The van der Waals surface area contributed by atoms with E-state index in [1.807, 2.05) is 18.7 Å². The van der Waals surface area contributed by atoms with Crippen LogP contribution in [0.1, 0.15) is 26.7 Å². The zero-order valence-corrected chi connectivity index (χ0v) is 16.2. The van der Waals surface area contributed by atoms with Gasteiger partial charge in [0.25, 0.3) is 0 Å². The molecule has 1 N–H and O–H groups in total. The molecule has 0 unspecified atom stereocenters. The number of hydrogen-bond acceptors (Lipinski definition) is 3. The molecule has 7 heteroatoms. The van der Waals surface area contributed by atoms with Crippen molar-refractivity contribution >= 4 is 17.6 Å². The highest BCUT2D eigenvalue weighted by Crippen LogP contribution is 2.22. The first-order valence-electron chi connectivity index (χ1n) is 9.79. The average Bonchev–Trinajstić information content (AvgIpc) is 2.68. The van der Waals surface area contributed by atoms with Crippen LogP contribution in [0.4, 0.5) is 14.9 Å². The van der Waals surface area contributed by atoms with Gasteiger partial charge in [-0.05, 0) is 51.0 Å². The number of likely N-dealkylation sites (tertiary alicyclic amines) is 1. The fourth-order valence-corrected chi connectivity index (χ4v) is 3.76. The molecule has 6 nitrogen and oxygen atoms in total. The maximum atomic E-state index is 13.1. The molecular formula is C20H29FN4O2. The van der Waals surface area contributed by atoms with Gasteiger partial charge in [-0.15, -0.1) is 0 Å². The van der Waals surface area contributed by atoms with Gasteiger partial charge in [-0.3, -0.25) is 4.79 Å². The van der Waals surface area contributed by atoms with Crippen LogP contribution in [0.25, 0.3) is 0 Å². The second-order valence-electron chi connectivity index (χ2n) is 7.65. The molecule has 27 heavy (non-hydrogen) atoms. The maximum absolute atomic E-state index is 13.1. The number of nitrogens with zero attached hydrogens (tertiary/aromatic N) is 3. The minimum atomic E-state index is -0.235. The smallest absolute Gasteiger partial charge is 0.317 e. The van der Waals surface area contributed by atoms with Crippen molar-refractivity contribution in [3.05, 3.63) is 30.1 Å². The normalized spacial score (nSPS) is 18.7. The fraction of sp³-hybridized carbons (Fsp3) is 0.600. The van der Waals surface area contributed by atoms with E-state index in [-0.39, 0.29) is 29.7 Å². The van der Waals surface area contributed by atoms with Crippen molar-refractivity contribution < 1.29 is 14.0 Å². The molecule has 0 radical (unpaired) electrons. The minimum Gasteiger partial charge on any atom is -0.368 e. The van der Waals surface area contributed by atoms with Gasteiger partial charge in [-0.1, -0.05) is 0 Å². The van der Waals surface area contributed by atoms with Crippen molar-refractivity contribution in [1.82, 2.24) is 15.1 Å². The lowest BCUT2D eigenvalue weighted by atomic mass is 9.95. The summed E-state index contributed by atoms with van der Waals surface area (Å²) in [4.78, 5) is 30.8. The molecule has 0 aliphatic carbocycles. The Morgan fingerprint density at radius 1 is 0.963 bits per heavy atom. The van der Waals surface area contributed by atoms with E-state index in [0.29, 0.717) is 26.2 Å². The first kappa shape index (κ1) is 19.5. The Labute approximate surface area is 160 Å². The molecule has 148 valence electrons. The molecular weight excluding hydrogens is 347 g/mol. The summed E-state index contributed by atoms with van der Waals surface area (Å²) in [6, 6.07) is 6.58. The lowest BCUT2D eigenvalue weighted by Crippen LogP contribution is -2.53. The summed E-state index contributed by atoms with van der Waals surface area (Å²) >= 11 is 0. The predicted octanol–water partition coefficient (Wildman–Crippen LogP) is 2.30. The van der Waals surface area contributed by atoms with Gasteiger partial charge >= 0.3 is 6.03 Å². The molecule has 2 saturated heterocycles. The van der Waals surface area contributed by atoms with Gasteiger partial charge in [0.1, 0.15) is 5.82 Å². The van der Waals surface area contributed by atoms with Gasteiger partial charge in [0.05, 0.1) is 0 Å². The summed E-state index contributed by atoms with van der Waals surface area (Å²) in [5.74, 6) is -0.0240. The summed E-state index contributed by atoms with van der Waals surface area (Å²) in [5, 5.41) is 2.91. The van der Waals surface area contributed by atoms with E-state index < -0.39 is 0 Å². The number of piperazine rings is 1. The second kappa shape index (κ2) is 8.59. The van der Waals surface area contributed by atoms with E-state index >= 15 is 0 Å². The van der Waals surface area contributed by atoms with Gasteiger partial charge in [0.2, 0.25) is 5.91 Å². The van der Waals surface area contributed by atoms with Crippen LogP contribution in [-0.4, -0.2) is 67.0 Å². The zero-order chi connectivity index (χ0) is 19.4. The number of rotatable bonds is 3. The first-order chi connectivity index (χ1) is 12.9. The third-order valence-electron chi connectivity index (χ3n) is 5.33.